The summed E-state index contributed by atoms with van der Waals surface area (Å²) in [5.74, 6) is -0.747. The van der Waals surface area contributed by atoms with Crippen molar-refractivity contribution in [1.82, 2.24) is 4.72 Å². The first-order valence-electron chi connectivity index (χ1n) is 6.19. The predicted octanol–water partition coefficient (Wildman–Crippen LogP) is 1.92. The van der Waals surface area contributed by atoms with Gasteiger partial charge in [-0.05, 0) is 31.0 Å². The van der Waals surface area contributed by atoms with Crippen molar-refractivity contribution in [2.45, 2.75) is 35.6 Å². The molecule has 21 heavy (non-hydrogen) atoms. The zero-order valence-electron chi connectivity index (χ0n) is 11.6. The topological polar surface area (TPSA) is 80.3 Å². The van der Waals surface area contributed by atoms with Gasteiger partial charge in [-0.2, -0.15) is 0 Å². The van der Waals surface area contributed by atoms with E-state index in [-0.39, 0.29) is 10.8 Å². The highest BCUT2D eigenvalue weighted by Gasteiger charge is 2.24. The Hall–Kier alpha value is -0.700. The maximum Gasteiger partial charge on any atom is 0.243 e. The standard InChI is InChI=1S/C12H17ClFNO4S2/c1-3-9(6-7-13)15-21(18,19)12-8-10(20(2,16)17)4-5-11(12)14/h4-5,8-9,15H,3,6-7H2,1-2H3. The molecule has 120 valence electrons. The van der Waals surface area contributed by atoms with Crippen molar-refractivity contribution in [3.63, 3.8) is 0 Å². The van der Waals surface area contributed by atoms with Crippen molar-refractivity contribution in [3.8, 4) is 0 Å². The molecule has 0 amide bonds. The molecule has 0 aliphatic rings. The van der Waals surface area contributed by atoms with E-state index in [0.29, 0.717) is 12.8 Å². The summed E-state index contributed by atoms with van der Waals surface area (Å²) < 4.78 is 63.4. The molecular weight excluding hydrogens is 341 g/mol. The summed E-state index contributed by atoms with van der Waals surface area (Å²) in [5, 5.41) is 0. The lowest BCUT2D eigenvalue weighted by molar-refractivity contribution is 0.520. The van der Waals surface area contributed by atoms with Crippen LogP contribution in [0.15, 0.2) is 28.0 Å². The van der Waals surface area contributed by atoms with E-state index in [1.54, 1.807) is 6.92 Å². The summed E-state index contributed by atoms with van der Waals surface area (Å²) in [6, 6.07) is 2.24. The summed E-state index contributed by atoms with van der Waals surface area (Å²) in [7, 11) is -7.78. The van der Waals surface area contributed by atoms with E-state index >= 15 is 0 Å². The van der Waals surface area contributed by atoms with E-state index in [9.17, 15) is 21.2 Å². The molecule has 1 atom stereocenters. The lowest BCUT2D eigenvalue weighted by atomic mass is 10.2. The summed E-state index contributed by atoms with van der Waals surface area (Å²) >= 11 is 5.58. The molecule has 0 bridgehead atoms. The third-order valence-corrected chi connectivity index (χ3v) is 5.76. The molecule has 1 aromatic carbocycles. The molecule has 5 nitrogen and oxygen atoms in total. The average Bonchev–Trinajstić information content (AvgIpc) is 2.36. The number of hydrogen-bond donors (Lipinski definition) is 1. The van der Waals surface area contributed by atoms with Crippen LogP contribution >= 0.6 is 11.6 Å². The van der Waals surface area contributed by atoms with Gasteiger partial charge in [0.2, 0.25) is 10.0 Å². The second kappa shape index (κ2) is 7.04. The summed E-state index contributed by atoms with van der Waals surface area (Å²) in [6.07, 6.45) is 1.80. The smallest absolute Gasteiger partial charge is 0.224 e. The lowest BCUT2D eigenvalue weighted by Crippen LogP contribution is -2.35. The van der Waals surface area contributed by atoms with Gasteiger partial charge in [0.1, 0.15) is 10.7 Å². The van der Waals surface area contributed by atoms with E-state index in [1.165, 1.54) is 0 Å². The molecule has 1 unspecified atom stereocenters. The van der Waals surface area contributed by atoms with Crippen LogP contribution in [0.3, 0.4) is 0 Å². The summed E-state index contributed by atoms with van der Waals surface area (Å²) in [6.45, 7) is 1.77. The maximum atomic E-state index is 13.8. The van der Waals surface area contributed by atoms with Crippen LogP contribution in [0.2, 0.25) is 0 Å². The SMILES string of the molecule is CCC(CCCl)NS(=O)(=O)c1cc(S(C)(=O)=O)ccc1F. The fourth-order valence-corrected chi connectivity index (χ4v) is 4.12. The molecule has 9 heteroatoms. The van der Waals surface area contributed by atoms with Crippen molar-refractivity contribution in [2.75, 3.05) is 12.1 Å². The Morgan fingerprint density at radius 1 is 1.29 bits per heavy atom. The third-order valence-electron chi connectivity index (χ3n) is 2.89. The first-order valence-corrected chi connectivity index (χ1v) is 10.1. The van der Waals surface area contributed by atoms with Crippen LogP contribution in [0.5, 0.6) is 0 Å². The molecule has 1 N–H and O–H groups in total. The highest BCUT2D eigenvalue weighted by Crippen LogP contribution is 2.20. The number of alkyl halides is 1. The van der Waals surface area contributed by atoms with Gasteiger partial charge in [-0.25, -0.2) is 25.9 Å². The number of nitrogens with one attached hydrogen (secondary N) is 1. The largest absolute Gasteiger partial charge is 0.243 e. The Kier molecular flexibility index (Phi) is 6.15. The maximum absolute atomic E-state index is 13.8. The number of rotatable bonds is 7. The molecular formula is C12H17ClFNO4S2. The van der Waals surface area contributed by atoms with Gasteiger partial charge >= 0.3 is 0 Å². The molecule has 0 aliphatic heterocycles. The summed E-state index contributed by atoms with van der Waals surface area (Å²) in [5.41, 5.74) is 0. The molecule has 0 aromatic heterocycles. The fourth-order valence-electron chi connectivity index (χ4n) is 1.68. The molecule has 0 fully saturated rings. The Balaban J connectivity index is 3.25. The molecule has 1 rings (SSSR count). The Bertz CT molecular complexity index is 704. The van der Waals surface area contributed by atoms with Gasteiger partial charge in [0.05, 0.1) is 4.90 Å². The molecule has 0 radical (unpaired) electrons. The van der Waals surface area contributed by atoms with Gasteiger partial charge in [-0.15, -0.1) is 11.6 Å². The Morgan fingerprint density at radius 2 is 1.90 bits per heavy atom. The third kappa shape index (κ3) is 4.91. The molecule has 0 saturated carbocycles. The normalized spacial score (nSPS) is 14.1. The Morgan fingerprint density at radius 3 is 2.38 bits per heavy atom. The van der Waals surface area contributed by atoms with Crippen molar-refractivity contribution < 1.29 is 21.2 Å². The number of halogens is 2. The first-order chi connectivity index (χ1) is 9.61. The Labute approximate surface area is 129 Å². The lowest BCUT2D eigenvalue weighted by Gasteiger charge is -2.16. The van der Waals surface area contributed by atoms with Gasteiger partial charge in [0.25, 0.3) is 0 Å². The van der Waals surface area contributed by atoms with Crippen LogP contribution in [-0.4, -0.2) is 35.0 Å². The number of benzene rings is 1. The van der Waals surface area contributed by atoms with E-state index in [2.05, 4.69) is 4.72 Å². The van der Waals surface area contributed by atoms with Crippen LogP contribution in [0.4, 0.5) is 4.39 Å². The van der Waals surface area contributed by atoms with Gasteiger partial charge in [0, 0.05) is 18.2 Å². The highest BCUT2D eigenvalue weighted by atomic mass is 35.5. The second-order valence-electron chi connectivity index (χ2n) is 4.57. The molecule has 0 aliphatic carbocycles. The minimum Gasteiger partial charge on any atom is -0.224 e. The van der Waals surface area contributed by atoms with Gasteiger partial charge in [-0.3, -0.25) is 0 Å². The molecule has 1 aromatic rings. The quantitative estimate of drug-likeness (QED) is 0.597. The average molecular weight is 358 g/mol. The van der Waals surface area contributed by atoms with Crippen LogP contribution < -0.4 is 4.72 Å². The van der Waals surface area contributed by atoms with E-state index in [4.69, 9.17) is 11.6 Å². The van der Waals surface area contributed by atoms with Gasteiger partial charge in [-0.1, -0.05) is 6.92 Å². The van der Waals surface area contributed by atoms with Crippen molar-refractivity contribution in [3.05, 3.63) is 24.0 Å². The van der Waals surface area contributed by atoms with Crippen molar-refractivity contribution in [2.24, 2.45) is 0 Å². The van der Waals surface area contributed by atoms with Crippen LogP contribution in [-0.2, 0) is 19.9 Å². The van der Waals surface area contributed by atoms with E-state index < -0.39 is 36.6 Å². The number of hydrogen-bond acceptors (Lipinski definition) is 4. The van der Waals surface area contributed by atoms with Crippen molar-refractivity contribution in [1.29, 1.82) is 0 Å². The van der Waals surface area contributed by atoms with Crippen LogP contribution in [0.1, 0.15) is 19.8 Å². The van der Waals surface area contributed by atoms with Gasteiger partial charge in [0.15, 0.2) is 9.84 Å². The number of sulfone groups is 1. The van der Waals surface area contributed by atoms with Crippen molar-refractivity contribution >= 4 is 31.5 Å². The minimum absolute atomic E-state index is 0.255. The molecule has 0 saturated heterocycles. The molecule has 0 spiro atoms. The van der Waals surface area contributed by atoms with Crippen LogP contribution in [0.25, 0.3) is 0 Å². The molecule has 0 heterocycles. The highest BCUT2D eigenvalue weighted by molar-refractivity contribution is 7.91. The van der Waals surface area contributed by atoms with Crippen LogP contribution in [0, 0.1) is 5.82 Å². The van der Waals surface area contributed by atoms with Gasteiger partial charge < -0.3 is 0 Å². The zero-order valence-corrected chi connectivity index (χ0v) is 14.0. The second-order valence-corrected chi connectivity index (χ2v) is 8.64. The summed E-state index contributed by atoms with van der Waals surface area (Å²) in [4.78, 5) is -0.937. The minimum atomic E-state index is -4.16. The van der Waals surface area contributed by atoms with E-state index in [1.807, 2.05) is 0 Å². The zero-order chi connectivity index (χ0) is 16.3. The monoisotopic (exact) mass is 357 g/mol. The first kappa shape index (κ1) is 18.3. The number of sulfonamides is 1. The van der Waals surface area contributed by atoms with E-state index in [0.717, 1.165) is 24.5 Å². The predicted molar refractivity (Wildman–Crippen MR) is 79.2 cm³/mol. The fraction of sp³-hybridized carbons (Fsp3) is 0.500.